The minimum absolute atomic E-state index is 1.11. The van der Waals surface area contributed by atoms with Crippen molar-refractivity contribution in [1.82, 2.24) is 0 Å². The smallest absolute Gasteiger partial charge is 0.0464 e. The number of nitrogens with zero attached hydrogens (tertiary/aromatic N) is 2. The van der Waals surface area contributed by atoms with Crippen molar-refractivity contribution in [3.63, 3.8) is 0 Å². The van der Waals surface area contributed by atoms with E-state index < -0.39 is 0 Å². The number of hydrogen-bond acceptors (Lipinski definition) is 2. The Morgan fingerprint density at radius 1 is 0.312 bits per heavy atom. The summed E-state index contributed by atoms with van der Waals surface area (Å²) in [5.74, 6) is 0. The highest BCUT2D eigenvalue weighted by atomic mass is 15.1. The molecular weight excluding hydrogens is 581 g/mol. The molecule has 7 rings (SSSR count). The van der Waals surface area contributed by atoms with Gasteiger partial charge in [-0.2, -0.15) is 0 Å². The third-order valence-corrected chi connectivity index (χ3v) is 8.54. The van der Waals surface area contributed by atoms with E-state index in [0.717, 1.165) is 45.3 Å². The molecule has 2 heteroatoms. The molecule has 0 atom stereocenters. The lowest BCUT2D eigenvalue weighted by Gasteiger charge is -2.26. The summed E-state index contributed by atoms with van der Waals surface area (Å²) in [6, 6.07) is 64.7. The summed E-state index contributed by atoms with van der Waals surface area (Å²) in [4.78, 5) is 4.62. The molecule has 0 saturated carbocycles. The van der Waals surface area contributed by atoms with E-state index in [0.29, 0.717) is 0 Å². The summed E-state index contributed by atoms with van der Waals surface area (Å²) in [6.07, 6.45) is 4.36. The summed E-state index contributed by atoms with van der Waals surface area (Å²) in [5.41, 5.74) is 14.0. The molecule has 2 nitrogen and oxygen atoms in total. The molecule has 0 radical (unpaired) electrons. The van der Waals surface area contributed by atoms with Crippen LogP contribution in [-0.2, 0) is 0 Å². The Kier molecular flexibility index (Phi) is 8.97. The van der Waals surface area contributed by atoms with Crippen LogP contribution < -0.4 is 9.80 Å². The Morgan fingerprint density at radius 2 is 0.667 bits per heavy atom. The molecule has 7 aromatic rings. The zero-order valence-electron chi connectivity index (χ0n) is 27.4. The third kappa shape index (κ3) is 6.99. The molecule has 48 heavy (non-hydrogen) atoms. The molecule has 0 N–H and O–H groups in total. The fourth-order valence-electron chi connectivity index (χ4n) is 6.10. The van der Waals surface area contributed by atoms with Crippen molar-refractivity contribution in [1.29, 1.82) is 0 Å². The summed E-state index contributed by atoms with van der Waals surface area (Å²) >= 11 is 0. The molecule has 0 fully saturated rings. The van der Waals surface area contributed by atoms with Gasteiger partial charge in [0.15, 0.2) is 0 Å². The van der Waals surface area contributed by atoms with Crippen molar-refractivity contribution in [3.05, 3.63) is 204 Å². The number of aryl methyl sites for hydroxylation is 2. The van der Waals surface area contributed by atoms with E-state index in [1.54, 1.807) is 0 Å². The number of benzene rings is 7. The molecule has 0 amide bonds. The van der Waals surface area contributed by atoms with Gasteiger partial charge >= 0.3 is 0 Å². The first kappa shape index (κ1) is 30.5. The first-order chi connectivity index (χ1) is 23.6. The second kappa shape index (κ2) is 14.1. The molecule has 0 aliphatic carbocycles. The van der Waals surface area contributed by atoms with Crippen LogP contribution in [-0.4, -0.2) is 0 Å². The van der Waals surface area contributed by atoms with Crippen LogP contribution in [0.1, 0.15) is 22.3 Å². The fourth-order valence-corrected chi connectivity index (χ4v) is 6.10. The van der Waals surface area contributed by atoms with E-state index in [9.17, 15) is 0 Å². The molecule has 7 aromatic carbocycles. The van der Waals surface area contributed by atoms with Crippen molar-refractivity contribution in [3.8, 4) is 11.1 Å². The third-order valence-electron chi connectivity index (χ3n) is 8.54. The van der Waals surface area contributed by atoms with E-state index in [-0.39, 0.29) is 0 Å². The van der Waals surface area contributed by atoms with Crippen LogP contribution in [0.5, 0.6) is 0 Å². The molecule has 0 saturated heterocycles. The predicted molar refractivity (Wildman–Crippen MR) is 206 cm³/mol. The van der Waals surface area contributed by atoms with E-state index in [1.165, 1.54) is 22.3 Å². The van der Waals surface area contributed by atoms with Crippen LogP contribution in [0.25, 0.3) is 23.3 Å². The summed E-state index contributed by atoms with van der Waals surface area (Å²) in [7, 11) is 0. The minimum Gasteiger partial charge on any atom is -0.311 e. The lowest BCUT2D eigenvalue weighted by Crippen LogP contribution is -2.10. The Labute approximate surface area is 284 Å². The van der Waals surface area contributed by atoms with Crippen molar-refractivity contribution in [2.45, 2.75) is 13.8 Å². The lowest BCUT2D eigenvalue weighted by atomic mass is 10.0. The normalized spacial score (nSPS) is 11.0. The van der Waals surface area contributed by atoms with Crippen LogP contribution in [0.15, 0.2) is 182 Å². The van der Waals surface area contributed by atoms with Gasteiger partial charge in [-0.15, -0.1) is 0 Å². The van der Waals surface area contributed by atoms with Crippen LogP contribution in [0.2, 0.25) is 0 Å². The average molecular weight is 619 g/mol. The zero-order valence-corrected chi connectivity index (χ0v) is 27.4. The topological polar surface area (TPSA) is 6.48 Å². The molecule has 0 aliphatic heterocycles. The van der Waals surface area contributed by atoms with E-state index in [1.807, 2.05) is 0 Å². The van der Waals surface area contributed by atoms with Gasteiger partial charge in [0.05, 0.1) is 0 Å². The van der Waals surface area contributed by atoms with Crippen LogP contribution >= 0.6 is 0 Å². The SMILES string of the molecule is Cc1cccc(N(c2ccc(/C=C/c3ccc(N(c4ccccc4)c4ccc(-c5ccccc5)cc4)cc3)cc2)c2cccc(C)c2)c1. The number of rotatable bonds is 9. The van der Waals surface area contributed by atoms with Gasteiger partial charge < -0.3 is 9.80 Å². The molecule has 0 aromatic heterocycles. The lowest BCUT2D eigenvalue weighted by molar-refractivity contribution is 1.26. The maximum Gasteiger partial charge on any atom is 0.0464 e. The highest BCUT2D eigenvalue weighted by Gasteiger charge is 2.14. The van der Waals surface area contributed by atoms with Crippen LogP contribution in [0.4, 0.5) is 34.1 Å². The largest absolute Gasteiger partial charge is 0.311 e. The monoisotopic (exact) mass is 618 g/mol. The van der Waals surface area contributed by atoms with Crippen LogP contribution in [0.3, 0.4) is 0 Å². The molecule has 0 bridgehead atoms. The Hall–Kier alpha value is -6.12. The molecule has 0 aliphatic rings. The zero-order chi connectivity index (χ0) is 32.7. The number of anilines is 6. The summed E-state index contributed by atoms with van der Waals surface area (Å²) in [6.45, 7) is 4.28. The van der Waals surface area contributed by atoms with Crippen molar-refractivity contribution in [2.24, 2.45) is 0 Å². The minimum atomic E-state index is 1.11. The van der Waals surface area contributed by atoms with Crippen LogP contribution in [0, 0.1) is 13.8 Å². The van der Waals surface area contributed by atoms with Gasteiger partial charge in [-0.05, 0) is 120 Å². The quantitative estimate of drug-likeness (QED) is 0.149. The van der Waals surface area contributed by atoms with Gasteiger partial charge in [-0.1, -0.05) is 121 Å². The van der Waals surface area contributed by atoms with E-state index in [2.05, 4.69) is 218 Å². The predicted octanol–water partition coefficient (Wildman–Crippen LogP) is 13.1. The van der Waals surface area contributed by atoms with Gasteiger partial charge in [0.25, 0.3) is 0 Å². The van der Waals surface area contributed by atoms with Crippen molar-refractivity contribution in [2.75, 3.05) is 9.80 Å². The maximum absolute atomic E-state index is 2.32. The Balaban J connectivity index is 1.12. The first-order valence-corrected chi connectivity index (χ1v) is 16.4. The highest BCUT2D eigenvalue weighted by molar-refractivity contribution is 5.81. The van der Waals surface area contributed by atoms with Gasteiger partial charge in [0, 0.05) is 34.1 Å². The second-order valence-electron chi connectivity index (χ2n) is 12.1. The Bertz CT molecular complexity index is 2070. The van der Waals surface area contributed by atoms with Gasteiger partial charge in [-0.3, -0.25) is 0 Å². The average Bonchev–Trinajstić information content (AvgIpc) is 3.13. The summed E-state index contributed by atoms with van der Waals surface area (Å²) in [5, 5.41) is 0. The summed E-state index contributed by atoms with van der Waals surface area (Å²) < 4.78 is 0. The highest BCUT2D eigenvalue weighted by Crippen LogP contribution is 2.37. The molecule has 0 unspecified atom stereocenters. The van der Waals surface area contributed by atoms with Gasteiger partial charge in [0.2, 0.25) is 0 Å². The van der Waals surface area contributed by atoms with E-state index >= 15 is 0 Å². The standard InChI is InChI=1S/C46H38N2/c1-35-11-9-17-45(33-35)48(46-18-10-12-36(2)34-46)43-29-23-38(24-30-43)20-19-37-21-27-42(28-22-37)47(41-15-7-4-8-16-41)44-31-25-40(26-32-44)39-13-5-3-6-14-39/h3-34H,1-2H3/b20-19+. The number of para-hydroxylation sites is 1. The molecular formula is C46H38N2. The van der Waals surface area contributed by atoms with Crippen molar-refractivity contribution < 1.29 is 0 Å². The van der Waals surface area contributed by atoms with Crippen molar-refractivity contribution >= 4 is 46.3 Å². The van der Waals surface area contributed by atoms with Gasteiger partial charge in [0.1, 0.15) is 0 Å². The molecule has 232 valence electrons. The second-order valence-corrected chi connectivity index (χ2v) is 12.1. The Morgan fingerprint density at radius 3 is 1.12 bits per heavy atom. The molecule has 0 heterocycles. The first-order valence-electron chi connectivity index (χ1n) is 16.4. The molecule has 0 spiro atoms. The van der Waals surface area contributed by atoms with Gasteiger partial charge in [-0.25, -0.2) is 0 Å². The fraction of sp³-hybridized carbons (Fsp3) is 0.0435. The van der Waals surface area contributed by atoms with E-state index in [4.69, 9.17) is 0 Å². The number of hydrogen-bond donors (Lipinski definition) is 0. The maximum atomic E-state index is 2.32.